The van der Waals surface area contributed by atoms with E-state index in [1.165, 1.54) is 36.4 Å². The average molecular weight is 407 g/mol. The average Bonchev–Trinajstić information content (AvgIpc) is 3.17. The van der Waals surface area contributed by atoms with E-state index in [1.807, 2.05) is 0 Å². The van der Waals surface area contributed by atoms with E-state index in [-0.39, 0.29) is 23.7 Å². The molecule has 1 amide bonds. The van der Waals surface area contributed by atoms with E-state index in [0.717, 1.165) is 12.1 Å². The van der Waals surface area contributed by atoms with Crippen LogP contribution in [0.3, 0.4) is 0 Å². The fourth-order valence-corrected chi connectivity index (χ4v) is 2.45. The molecule has 0 aliphatic carbocycles. The summed E-state index contributed by atoms with van der Waals surface area (Å²) in [6.45, 7) is 0. The predicted molar refractivity (Wildman–Crippen MR) is 91.8 cm³/mol. The molecule has 0 aliphatic heterocycles. The summed E-state index contributed by atoms with van der Waals surface area (Å²) < 4.78 is 55.7. The number of nitrogens with one attached hydrogen (secondary N) is 1. The van der Waals surface area contributed by atoms with Gasteiger partial charge < -0.3 is 14.6 Å². The fourth-order valence-electron chi connectivity index (χ4n) is 2.45. The maximum atomic E-state index is 12.9. The quantitative estimate of drug-likeness (QED) is 0.500. The number of amides is 1. The van der Waals surface area contributed by atoms with E-state index in [4.69, 9.17) is 4.52 Å². The third-order valence-electron chi connectivity index (χ3n) is 3.91. The first kappa shape index (κ1) is 20.2. The number of carbonyl (C=O) groups is 2. The van der Waals surface area contributed by atoms with E-state index in [9.17, 15) is 27.2 Å². The smallest absolute Gasteiger partial charge is 0.338 e. The van der Waals surface area contributed by atoms with E-state index >= 15 is 0 Å². The molecule has 1 atom stereocenters. The van der Waals surface area contributed by atoms with Gasteiger partial charge in [0.25, 0.3) is 5.89 Å². The molecule has 0 bridgehead atoms. The lowest BCUT2D eigenvalue weighted by Crippen LogP contribution is -2.31. The lowest BCUT2D eigenvalue weighted by molar-refractivity contribution is -0.137. The van der Waals surface area contributed by atoms with Crippen LogP contribution in [0.1, 0.15) is 23.1 Å². The second kappa shape index (κ2) is 8.21. The highest BCUT2D eigenvalue weighted by Gasteiger charge is 2.30. The van der Waals surface area contributed by atoms with E-state index in [2.05, 4.69) is 15.5 Å². The Morgan fingerprint density at radius 3 is 2.34 bits per heavy atom. The topological polar surface area (TPSA) is 85.1 Å². The van der Waals surface area contributed by atoms with Crippen molar-refractivity contribution in [3.05, 3.63) is 71.4 Å². The predicted octanol–water partition coefficient (Wildman–Crippen LogP) is 3.49. The van der Waals surface area contributed by atoms with Crippen LogP contribution in [-0.2, 0) is 22.2 Å². The molecule has 0 aliphatic rings. The molecule has 0 spiro atoms. The summed E-state index contributed by atoms with van der Waals surface area (Å²) in [5, 5.41) is 6.02. The van der Waals surface area contributed by atoms with Gasteiger partial charge in [0, 0.05) is 5.56 Å². The molecule has 1 N–H and O–H groups in total. The van der Waals surface area contributed by atoms with Crippen LogP contribution in [0.15, 0.2) is 53.1 Å². The molecular formula is C19H13F4N3O3. The zero-order valence-corrected chi connectivity index (χ0v) is 14.6. The molecule has 10 heteroatoms. The van der Waals surface area contributed by atoms with Crippen LogP contribution in [0.5, 0.6) is 0 Å². The number of carbonyl (C=O) groups excluding carboxylic acids is 2. The molecule has 3 aromatic rings. The molecule has 2 aromatic carbocycles. The van der Waals surface area contributed by atoms with Crippen molar-refractivity contribution in [2.75, 3.05) is 0 Å². The van der Waals surface area contributed by atoms with Crippen LogP contribution >= 0.6 is 0 Å². The minimum atomic E-state index is -4.47. The number of rotatable bonds is 6. The summed E-state index contributed by atoms with van der Waals surface area (Å²) in [6, 6.07) is 8.10. The van der Waals surface area contributed by atoms with E-state index in [0.29, 0.717) is 11.8 Å². The number of hydrogen-bond donors (Lipinski definition) is 1. The number of aldehydes is 1. The molecule has 1 heterocycles. The molecule has 6 nitrogen and oxygen atoms in total. The second-order valence-corrected chi connectivity index (χ2v) is 6.02. The van der Waals surface area contributed by atoms with Crippen molar-refractivity contribution >= 4 is 12.2 Å². The van der Waals surface area contributed by atoms with Gasteiger partial charge in [-0.05, 0) is 29.8 Å². The Kier molecular flexibility index (Phi) is 5.71. The summed E-state index contributed by atoms with van der Waals surface area (Å²) in [7, 11) is 0. The molecule has 0 saturated carbocycles. The van der Waals surface area contributed by atoms with Gasteiger partial charge in [-0.3, -0.25) is 4.79 Å². The Morgan fingerprint density at radius 1 is 1.10 bits per heavy atom. The van der Waals surface area contributed by atoms with Crippen LogP contribution in [0.2, 0.25) is 0 Å². The molecule has 0 fully saturated rings. The van der Waals surface area contributed by atoms with Crippen LogP contribution in [0, 0.1) is 5.82 Å². The van der Waals surface area contributed by atoms with E-state index in [1.54, 1.807) is 0 Å². The minimum absolute atomic E-state index is 0.0339. The van der Waals surface area contributed by atoms with Crippen molar-refractivity contribution in [2.24, 2.45) is 0 Å². The number of alkyl halides is 3. The Balaban J connectivity index is 1.69. The largest absolute Gasteiger partial charge is 0.416 e. The highest BCUT2D eigenvalue weighted by atomic mass is 19.4. The fraction of sp³-hybridized carbons (Fsp3) is 0.158. The lowest BCUT2D eigenvalue weighted by Gasteiger charge is -2.08. The van der Waals surface area contributed by atoms with Gasteiger partial charge in [0.2, 0.25) is 11.7 Å². The van der Waals surface area contributed by atoms with Gasteiger partial charge in [0.05, 0.1) is 12.0 Å². The summed E-state index contributed by atoms with van der Waals surface area (Å²) in [6.07, 6.45) is -4.20. The molecule has 3 rings (SSSR count). The normalized spacial score (nSPS) is 12.4. The van der Waals surface area contributed by atoms with Gasteiger partial charge in [-0.1, -0.05) is 29.4 Å². The molecule has 29 heavy (non-hydrogen) atoms. The van der Waals surface area contributed by atoms with Gasteiger partial charge >= 0.3 is 6.18 Å². The van der Waals surface area contributed by atoms with Gasteiger partial charge in [-0.2, -0.15) is 18.2 Å². The van der Waals surface area contributed by atoms with Crippen molar-refractivity contribution in [1.29, 1.82) is 0 Å². The molecule has 0 saturated heterocycles. The van der Waals surface area contributed by atoms with Gasteiger partial charge in [-0.25, -0.2) is 4.39 Å². The summed E-state index contributed by atoms with van der Waals surface area (Å²) in [5.41, 5.74) is -0.0522. The molecule has 1 unspecified atom stereocenters. The third kappa shape index (κ3) is 5.03. The molecule has 150 valence electrons. The second-order valence-electron chi connectivity index (χ2n) is 6.02. The maximum absolute atomic E-state index is 12.9. The van der Waals surface area contributed by atoms with E-state index < -0.39 is 29.5 Å². The SMILES string of the molecule is O=CC(NC(=O)Cc1ccc(F)cc1)c1nc(-c2ccc(C(F)(F)F)cc2)no1. The number of nitrogens with zero attached hydrogens (tertiary/aromatic N) is 2. The highest BCUT2D eigenvalue weighted by molar-refractivity contribution is 5.81. The lowest BCUT2D eigenvalue weighted by atomic mass is 10.1. The zero-order valence-electron chi connectivity index (χ0n) is 14.6. The first-order chi connectivity index (χ1) is 13.8. The van der Waals surface area contributed by atoms with Crippen LogP contribution in [0.4, 0.5) is 17.6 Å². The van der Waals surface area contributed by atoms with Crippen LogP contribution < -0.4 is 5.32 Å². The first-order valence-corrected chi connectivity index (χ1v) is 8.26. The van der Waals surface area contributed by atoms with Crippen LogP contribution in [-0.4, -0.2) is 22.3 Å². The van der Waals surface area contributed by atoms with Crippen molar-refractivity contribution in [2.45, 2.75) is 18.6 Å². The summed E-state index contributed by atoms with van der Waals surface area (Å²) >= 11 is 0. The van der Waals surface area contributed by atoms with Crippen molar-refractivity contribution in [3.8, 4) is 11.4 Å². The van der Waals surface area contributed by atoms with Gasteiger partial charge in [0.1, 0.15) is 5.82 Å². The molecule has 1 aromatic heterocycles. The van der Waals surface area contributed by atoms with Crippen molar-refractivity contribution < 1.29 is 31.7 Å². The Hall–Kier alpha value is -3.56. The van der Waals surface area contributed by atoms with Gasteiger partial charge in [-0.15, -0.1) is 0 Å². The summed E-state index contributed by atoms with van der Waals surface area (Å²) in [4.78, 5) is 27.4. The van der Waals surface area contributed by atoms with Crippen LogP contribution in [0.25, 0.3) is 11.4 Å². The number of aromatic nitrogens is 2. The summed E-state index contributed by atoms with van der Waals surface area (Å²) in [5.74, 6) is -1.24. The first-order valence-electron chi connectivity index (χ1n) is 8.26. The van der Waals surface area contributed by atoms with Crippen molar-refractivity contribution in [1.82, 2.24) is 15.5 Å². The molecular weight excluding hydrogens is 394 g/mol. The molecule has 0 radical (unpaired) electrons. The minimum Gasteiger partial charge on any atom is -0.338 e. The highest BCUT2D eigenvalue weighted by Crippen LogP contribution is 2.30. The standard InChI is InChI=1S/C19H13F4N3O3/c20-14-7-1-11(2-8-14)9-16(28)24-15(10-27)18-25-17(26-29-18)12-3-5-13(6-4-12)19(21,22)23/h1-8,10,15H,9H2,(H,24,28). The Labute approximate surface area is 161 Å². The number of hydrogen-bond acceptors (Lipinski definition) is 5. The zero-order chi connectivity index (χ0) is 21.0. The number of benzene rings is 2. The Morgan fingerprint density at radius 2 is 1.76 bits per heavy atom. The van der Waals surface area contributed by atoms with Gasteiger partial charge in [0.15, 0.2) is 12.3 Å². The maximum Gasteiger partial charge on any atom is 0.416 e. The van der Waals surface area contributed by atoms with Crippen molar-refractivity contribution in [3.63, 3.8) is 0 Å². The number of halogens is 4. The Bertz CT molecular complexity index is 999. The third-order valence-corrected chi connectivity index (χ3v) is 3.91. The monoisotopic (exact) mass is 407 g/mol.